The van der Waals surface area contributed by atoms with Crippen molar-refractivity contribution in [3.63, 3.8) is 0 Å². The minimum Gasteiger partial charge on any atom is -0.315 e. The lowest BCUT2D eigenvalue weighted by Gasteiger charge is -2.23. The molecule has 1 atom stereocenters. The minimum absolute atomic E-state index is 0.0427. The summed E-state index contributed by atoms with van der Waals surface area (Å²) in [6, 6.07) is 10.2. The van der Waals surface area contributed by atoms with Crippen molar-refractivity contribution in [1.82, 2.24) is 4.98 Å². The molecule has 0 radical (unpaired) electrons. The zero-order chi connectivity index (χ0) is 13.2. The predicted molar refractivity (Wildman–Crippen MR) is 66.5 cm³/mol. The summed E-state index contributed by atoms with van der Waals surface area (Å²) >= 11 is 0. The van der Waals surface area contributed by atoms with Gasteiger partial charge in [0, 0.05) is 6.20 Å². The zero-order valence-electron chi connectivity index (χ0n) is 9.93. The number of Topliss-reactive ketones (excluding diaryl/α,β-unsaturated/α-hetero) is 1. The molecular weight excluding hydrogens is 231 g/mol. The Balaban J connectivity index is 2.43. The first-order valence-electron chi connectivity index (χ1n) is 5.52. The first-order chi connectivity index (χ1) is 8.53. The summed E-state index contributed by atoms with van der Waals surface area (Å²) in [6.45, 7) is 1.57. The Hall–Kier alpha value is -2.07. The zero-order valence-corrected chi connectivity index (χ0v) is 9.93. The van der Waals surface area contributed by atoms with Crippen molar-refractivity contribution in [2.75, 3.05) is 0 Å². The van der Waals surface area contributed by atoms with Gasteiger partial charge in [0.25, 0.3) is 0 Å². The van der Waals surface area contributed by atoms with Gasteiger partial charge in [-0.3, -0.25) is 9.78 Å². The molecule has 18 heavy (non-hydrogen) atoms. The van der Waals surface area contributed by atoms with Gasteiger partial charge in [0.15, 0.2) is 11.6 Å². The molecule has 2 rings (SSSR count). The van der Waals surface area contributed by atoms with E-state index in [1.807, 2.05) is 6.07 Å². The maximum Gasteiger partial charge on any atom is 0.189 e. The highest BCUT2D eigenvalue weighted by atomic mass is 19.1. The standard InChI is InChI=1S/C14H13FN2O/c1-14(16,10-5-3-2-4-6-10)13(18)11-7-8-17-9-12(11)15/h2-9H,16H2,1H3. The Morgan fingerprint density at radius 1 is 1.28 bits per heavy atom. The van der Waals surface area contributed by atoms with E-state index in [1.165, 1.54) is 12.3 Å². The van der Waals surface area contributed by atoms with E-state index in [0.717, 1.165) is 6.20 Å². The van der Waals surface area contributed by atoms with E-state index in [2.05, 4.69) is 4.98 Å². The Kier molecular flexibility index (Phi) is 3.21. The van der Waals surface area contributed by atoms with E-state index in [0.29, 0.717) is 5.56 Å². The molecule has 3 nitrogen and oxygen atoms in total. The monoisotopic (exact) mass is 244 g/mol. The number of aromatic nitrogens is 1. The Morgan fingerprint density at radius 2 is 1.94 bits per heavy atom. The summed E-state index contributed by atoms with van der Waals surface area (Å²) in [7, 11) is 0. The van der Waals surface area contributed by atoms with Crippen molar-refractivity contribution < 1.29 is 9.18 Å². The van der Waals surface area contributed by atoms with Gasteiger partial charge in [0.1, 0.15) is 5.54 Å². The summed E-state index contributed by atoms with van der Waals surface area (Å²) in [6.07, 6.45) is 2.38. The van der Waals surface area contributed by atoms with Crippen LogP contribution in [0.25, 0.3) is 0 Å². The quantitative estimate of drug-likeness (QED) is 0.843. The molecular formula is C14H13FN2O. The van der Waals surface area contributed by atoms with E-state index in [9.17, 15) is 9.18 Å². The fourth-order valence-corrected chi connectivity index (χ4v) is 1.75. The SMILES string of the molecule is CC(N)(C(=O)c1ccncc1F)c1ccccc1. The van der Waals surface area contributed by atoms with Gasteiger partial charge in [0.05, 0.1) is 11.8 Å². The molecule has 0 aliphatic rings. The Labute approximate surface area is 104 Å². The molecule has 4 heteroatoms. The number of carbonyl (C=O) groups is 1. The number of nitrogens with zero attached hydrogens (tertiary/aromatic N) is 1. The van der Waals surface area contributed by atoms with Crippen LogP contribution in [0.2, 0.25) is 0 Å². The Bertz CT molecular complexity index is 567. The number of rotatable bonds is 3. The maximum atomic E-state index is 13.5. The number of nitrogens with two attached hydrogens (primary N) is 1. The first-order valence-corrected chi connectivity index (χ1v) is 5.52. The molecule has 0 aliphatic heterocycles. The van der Waals surface area contributed by atoms with E-state index < -0.39 is 17.1 Å². The predicted octanol–water partition coefficient (Wildman–Crippen LogP) is 2.28. The van der Waals surface area contributed by atoms with Crippen LogP contribution in [0.5, 0.6) is 0 Å². The molecule has 2 N–H and O–H groups in total. The number of hydrogen-bond donors (Lipinski definition) is 1. The third-order valence-electron chi connectivity index (χ3n) is 2.86. The molecule has 0 amide bonds. The van der Waals surface area contributed by atoms with Crippen molar-refractivity contribution in [2.24, 2.45) is 5.73 Å². The molecule has 2 aromatic rings. The van der Waals surface area contributed by atoms with Crippen molar-refractivity contribution in [3.8, 4) is 0 Å². The first kappa shape index (κ1) is 12.4. The summed E-state index contributed by atoms with van der Waals surface area (Å²) in [4.78, 5) is 15.9. The molecule has 0 saturated carbocycles. The van der Waals surface area contributed by atoms with Crippen LogP contribution in [0.3, 0.4) is 0 Å². The molecule has 0 spiro atoms. The van der Waals surface area contributed by atoms with Gasteiger partial charge in [-0.1, -0.05) is 30.3 Å². The smallest absolute Gasteiger partial charge is 0.189 e. The van der Waals surface area contributed by atoms with Crippen LogP contribution in [-0.2, 0) is 5.54 Å². The molecule has 0 fully saturated rings. The van der Waals surface area contributed by atoms with E-state index in [-0.39, 0.29) is 5.56 Å². The van der Waals surface area contributed by atoms with E-state index in [4.69, 9.17) is 5.73 Å². The van der Waals surface area contributed by atoms with Gasteiger partial charge in [-0.05, 0) is 18.6 Å². The number of carbonyl (C=O) groups excluding carboxylic acids is 1. The molecule has 1 aromatic carbocycles. The van der Waals surface area contributed by atoms with Gasteiger partial charge in [-0.2, -0.15) is 0 Å². The fraction of sp³-hybridized carbons (Fsp3) is 0.143. The van der Waals surface area contributed by atoms with Crippen molar-refractivity contribution in [1.29, 1.82) is 0 Å². The maximum absolute atomic E-state index is 13.5. The van der Waals surface area contributed by atoms with Crippen molar-refractivity contribution in [3.05, 3.63) is 65.7 Å². The number of pyridine rings is 1. The molecule has 1 aromatic heterocycles. The van der Waals surface area contributed by atoms with Gasteiger partial charge < -0.3 is 5.73 Å². The van der Waals surface area contributed by atoms with Gasteiger partial charge in [-0.25, -0.2) is 4.39 Å². The van der Waals surface area contributed by atoms with Crippen LogP contribution in [0.4, 0.5) is 4.39 Å². The average Bonchev–Trinajstić information content (AvgIpc) is 2.39. The summed E-state index contributed by atoms with van der Waals surface area (Å²) in [5.74, 6) is -1.12. The lowest BCUT2D eigenvalue weighted by molar-refractivity contribution is 0.0895. The highest BCUT2D eigenvalue weighted by molar-refractivity contribution is 6.03. The number of halogens is 1. The van der Waals surface area contributed by atoms with Crippen LogP contribution in [0, 0.1) is 5.82 Å². The highest BCUT2D eigenvalue weighted by Crippen LogP contribution is 2.23. The summed E-state index contributed by atoms with van der Waals surface area (Å²) in [5.41, 5.74) is 5.39. The molecule has 0 saturated heterocycles. The molecule has 0 bridgehead atoms. The normalized spacial score (nSPS) is 13.9. The third-order valence-corrected chi connectivity index (χ3v) is 2.86. The van der Waals surface area contributed by atoms with Crippen LogP contribution in [-0.4, -0.2) is 10.8 Å². The second-order valence-corrected chi connectivity index (χ2v) is 4.25. The van der Waals surface area contributed by atoms with Gasteiger partial charge >= 0.3 is 0 Å². The average molecular weight is 244 g/mol. The molecule has 1 unspecified atom stereocenters. The van der Waals surface area contributed by atoms with Crippen LogP contribution in [0.15, 0.2) is 48.8 Å². The van der Waals surface area contributed by atoms with Crippen LogP contribution >= 0.6 is 0 Å². The highest BCUT2D eigenvalue weighted by Gasteiger charge is 2.32. The summed E-state index contributed by atoms with van der Waals surface area (Å²) < 4.78 is 13.5. The second kappa shape index (κ2) is 4.66. The Morgan fingerprint density at radius 3 is 2.56 bits per heavy atom. The van der Waals surface area contributed by atoms with Crippen LogP contribution in [0.1, 0.15) is 22.8 Å². The number of benzene rings is 1. The molecule has 1 heterocycles. The summed E-state index contributed by atoms with van der Waals surface area (Å²) in [5, 5.41) is 0. The topological polar surface area (TPSA) is 56.0 Å². The third kappa shape index (κ3) is 2.15. The lowest BCUT2D eigenvalue weighted by Crippen LogP contribution is -2.42. The second-order valence-electron chi connectivity index (χ2n) is 4.25. The minimum atomic E-state index is -1.26. The fourth-order valence-electron chi connectivity index (χ4n) is 1.75. The van der Waals surface area contributed by atoms with Crippen molar-refractivity contribution >= 4 is 5.78 Å². The molecule has 92 valence electrons. The molecule has 0 aliphatic carbocycles. The number of ketones is 1. The van der Waals surface area contributed by atoms with Gasteiger partial charge in [-0.15, -0.1) is 0 Å². The largest absolute Gasteiger partial charge is 0.315 e. The van der Waals surface area contributed by atoms with Crippen molar-refractivity contribution in [2.45, 2.75) is 12.5 Å². The van der Waals surface area contributed by atoms with Gasteiger partial charge in [0.2, 0.25) is 0 Å². The lowest BCUT2D eigenvalue weighted by atomic mass is 9.85. The number of hydrogen-bond acceptors (Lipinski definition) is 3. The van der Waals surface area contributed by atoms with E-state index >= 15 is 0 Å². The van der Waals surface area contributed by atoms with E-state index in [1.54, 1.807) is 31.2 Å². The van der Waals surface area contributed by atoms with Crippen LogP contribution < -0.4 is 5.73 Å².